The minimum atomic E-state index is -1.12. The first kappa shape index (κ1) is 12.7. The van der Waals surface area contributed by atoms with Gasteiger partial charge in [-0.1, -0.05) is 0 Å². The number of rotatable bonds is 4. The predicted molar refractivity (Wildman–Crippen MR) is 69.0 cm³/mol. The molecule has 0 bridgehead atoms. The lowest BCUT2D eigenvalue weighted by atomic mass is 10.2. The summed E-state index contributed by atoms with van der Waals surface area (Å²) in [5, 5.41) is 21.5. The monoisotopic (exact) mass is 267 g/mol. The molecule has 0 fully saturated rings. The van der Waals surface area contributed by atoms with Crippen LogP contribution in [0, 0.1) is 13.8 Å². The number of aromatic nitrogens is 2. The number of carboxylic acid groups (broad SMARTS) is 1. The summed E-state index contributed by atoms with van der Waals surface area (Å²) in [7, 11) is 0. The molecule has 7 heteroatoms. The number of nitrogens with zero attached hydrogens (tertiary/aromatic N) is 2. The molecule has 0 spiro atoms. The van der Waals surface area contributed by atoms with Gasteiger partial charge in [-0.05, 0) is 19.4 Å². The number of aryl methyl sites for hydroxylation is 2. The van der Waals surface area contributed by atoms with E-state index in [0.717, 1.165) is 20.7 Å². The number of aliphatic hydroxyl groups excluding tert-OH is 1. The Morgan fingerprint density at radius 1 is 1.50 bits per heavy atom. The maximum Gasteiger partial charge on any atom is 0.328 e. The quantitative estimate of drug-likeness (QED) is 0.769. The maximum absolute atomic E-state index is 10.9. The van der Waals surface area contributed by atoms with Crippen LogP contribution in [0.4, 0.5) is 5.82 Å². The molecule has 0 aliphatic heterocycles. The smallest absolute Gasteiger partial charge is 0.328 e. The highest BCUT2D eigenvalue weighted by Crippen LogP contribution is 2.32. The molecule has 0 aromatic carbocycles. The van der Waals surface area contributed by atoms with Crippen LogP contribution in [0.5, 0.6) is 0 Å². The lowest BCUT2D eigenvalue weighted by molar-refractivity contribution is -0.138. The number of carbonyl (C=O) groups is 1. The van der Waals surface area contributed by atoms with Crippen molar-refractivity contribution in [3.63, 3.8) is 0 Å². The molecule has 2 rings (SSSR count). The number of carboxylic acids is 1. The molecule has 0 amide bonds. The molecule has 0 aliphatic carbocycles. The minimum absolute atomic E-state index is 0.448. The number of nitrogens with one attached hydrogen (secondary N) is 1. The van der Waals surface area contributed by atoms with E-state index in [-0.39, 0.29) is 0 Å². The Kier molecular flexibility index (Phi) is 3.44. The van der Waals surface area contributed by atoms with Crippen LogP contribution in [-0.2, 0) is 4.79 Å². The SMILES string of the molecule is Cc1sc2ncnc(NC(CO)C(=O)O)c2c1C. The summed E-state index contributed by atoms with van der Waals surface area (Å²) >= 11 is 1.53. The fourth-order valence-electron chi connectivity index (χ4n) is 1.64. The van der Waals surface area contributed by atoms with Crippen LogP contribution in [0.15, 0.2) is 6.33 Å². The molecular weight excluding hydrogens is 254 g/mol. The van der Waals surface area contributed by atoms with E-state index >= 15 is 0 Å². The van der Waals surface area contributed by atoms with Crippen molar-refractivity contribution in [2.24, 2.45) is 0 Å². The zero-order valence-corrected chi connectivity index (χ0v) is 10.8. The van der Waals surface area contributed by atoms with Gasteiger partial charge >= 0.3 is 5.97 Å². The summed E-state index contributed by atoms with van der Waals surface area (Å²) in [6, 6.07) is -1.07. The number of fused-ring (bicyclic) bond motifs is 1. The molecule has 2 aromatic heterocycles. The van der Waals surface area contributed by atoms with Crippen molar-refractivity contribution in [1.82, 2.24) is 9.97 Å². The molecule has 2 heterocycles. The second-order valence-corrected chi connectivity index (χ2v) is 5.11. The highest BCUT2D eigenvalue weighted by Gasteiger charge is 2.19. The first-order chi connectivity index (χ1) is 8.54. The van der Waals surface area contributed by atoms with E-state index in [0.29, 0.717) is 5.82 Å². The Balaban J connectivity index is 2.47. The molecule has 96 valence electrons. The van der Waals surface area contributed by atoms with Crippen LogP contribution in [0.25, 0.3) is 10.2 Å². The zero-order valence-electron chi connectivity index (χ0n) is 9.97. The number of aliphatic carboxylic acids is 1. The predicted octanol–water partition coefficient (Wildman–Crippen LogP) is 1.17. The van der Waals surface area contributed by atoms with Gasteiger partial charge in [-0.2, -0.15) is 0 Å². The van der Waals surface area contributed by atoms with Gasteiger partial charge in [0.05, 0.1) is 12.0 Å². The Labute approximate surface area is 107 Å². The zero-order chi connectivity index (χ0) is 13.3. The average Bonchev–Trinajstić information content (AvgIpc) is 2.62. The average molecular weight is 267 g/mol. The van der Waals surface area contributed by atoms with E-state index in [1.165, 1.54) is 17.7 Å². The van der Waals surface area contributed by atoms with Crippen molar-refractivity contribution in [2.45, 2.75) is 19.9 Å². The van der Waals surface area contributed by atoms with Crippen molar-refractivity contribution < 1.29 is 15.0 Å². The molecule has 1 unspecified atom stereocenters. The van der Waals surface area contributed by atoms with Crippen molar-refractivity contribution in [3.8, 4) is 0 Å². The van der Waals surface area contributed by atoms with Crippen molar-refractivity contribution in [1.29, 1.82) is 0 Å². The van der Waals surface area contributed by atoms with Gasteiger partial charge in [0.2, 0.25) is 0 Å². The van der Waals surface area contributed by atoms with Crippen LogP contribution in [0.1, 0.15) is 10.4 Å². The van der Waals surface area contributed by atoms with Gasteiger partial charge in [-0.25, -0.2) is 14.8 Å². The van der Waals surface area contributed by atoms with E-state index in [4.69, 9.17) is 10.2 Å². The molecule has 0 saturated heterocycles. The third-order valence-electron chi connectivity index (χ3n) is 2.76. The molecule has 0 radical (unpaired) electrons. The van der Waals surface area contributed by atoms with Crippen LogP contribution in [0.2, 0.25) is 0 Å². The van der Waals surface area contributed by atoms with Gasteiger partial charge in [-0.3, -0.25) is 0 Å². The third kappa shape index (κ3) is 2.14. The lowest BCUT2D eigenvalue weighted by Crippen LogP contribution is -2.33. The number of hydrogen-bond acceptors (Lipinski definition) is 6. The molecule has 0 saturated carbocycles. The highest BCUT2D eigenvalue weighted by atomic mass is 32.1. The fraction of sp³-hybridized carbons (Fsp3) is 0.364. The minimum Gasteiger partial charge on any atom is -0.480 e. The first-order valence-electron chi connectivity index (χ1n) is 5.35. The van der Waals surface area contributed by atoms with E-state index in [9.17, 15) is 4.79 Å². The molecule has 2 aromatic rings. The topological polar surface area (TPSA) is 95.3 Å². The number of hydrogen-bond donors (Lipinski definition) is 3. The van der Waals surface area contributed by atoms with E-state index in [1.54, 1.807) is 0 Å². The summed E-state index contributed by atoms with van der Waals surface area (Å²) < 4.78 is 0. The van der Waals surface area contributed by atoms with Crippen LogP contribution in [-0.4, -0.2) is 38.8 Å². The summed E-state index contributed by atoms with van der Waals surface area (Å²) in [5.41, 5.74) is 1.03. The second kappa shape index (κ2) is 4.87. The summed E-state index contributed by atoms with van der Waals surface area (Å²) in [5.74, 6) is -0.669. The molecule has 0 aliphatic rings. The summed E-state index contributed by atoms with van der Waals surface area (Å²) in [4.78, 5) is 21.0. The van der Waals surface area contributed by atoms with E-state index < -0.39 is 18.6 Å². The number of anilines is 1. The van der Waals surface area contributed by atoms with Crippen LogP contribution < -0.4 is 5.32 Å². The van der Waals surface area contributed by atoms with Gasteiger partial charge in [0.15, 0.2) is 0 Å². The van der Waals surface area contributed by atoms with Gasteiger partial charge in [0, 0.05) is 4.88 Å². The number of thiophene rings is 1. The molecular formula is C11H13N3O3S. The Morgan fingerprint density at radius 3 is 2.83 bits per heavy atom. The van der Waals surface area contributed by atoms with E-state index in [2.05, 4.69) is 15.3 Å². The van der Waals surface area contributed by atoms with Crippen LogP contribution in [0.3, 0.4) is 0 Å². The van der Waals surface area contributed by atoms with Gasteiger partial charge in [0.25, 0.3) is 0 Å². The van der Waals surface area contributed by atoms with Gasteiger partial charge in [-0.15, -0.1) is 11.3 Å². The Bertz CT molecular complexity index is 596. The molecule has 18 heavy (non-hydrogen) atoms. The fourth-order valence-corrected chi connectivity index (χ4v) is 2.64. The third-order valence-corrected chi connectivity index (χ3v) is 3.87. The largest absolute Gasteiger partial charge is 0.480 e. The maximum atomic E-state index is 10.9. The molecule has 3 N–H and O–H groups in total. The highest BCUT2D eigenvalue weighted by molar-refractivity contribution is 7.18. The normalized spacial score (nSPS) is 12.6. The van der Waals surface area contributed by atoms with Crippen LogP contribution >= 0.6 is 11.3 Å². The summed E-state index contributed by atoms with van der Waals surface area (Å²) in [6.07, 6.45) is 1.39. The standard InChI is InChI=1S/C11H13N3O3S/c1-5-6(2)18-10-8(5)9(12-4-13-10)14-7(3-15)11(16)17/h4,7,15H,3H2,1-2H3,(H,16,17)(H,12,13,14). The second-order valence-electron chi connectivity index (χ2n) is 3.90. The van der Waals surface area contributed by atoms with Crippen molar-refractivity contribution in [3.05, 3.63) is 16.8 Å². The first-order valence-corrected chi connectivity index (χ1v) is 6.17. The summed E-state index contributed by atoms with van der Waals surface area (Å²) in [6.45, 7) is 3.42. The van der Waals surface area contributed by atoms with Crippen molar-refractivity contribution >= 4 is 33.3 Å². The Morgan fingerprint density at radius 2 is 2.22 bits per heavy atom. The lowest BCUT2D eigenvalue weighted by Gasteiger charge is -2.13. The number of aliphatic hydroxyl groups is 1. The van der Waals surface area contributed by atoms with Gasteiger partial charge in [0.1, 0.15) is 23.0 Å². The van der Waals surface area contributed by atoms with Crippen molar-refractivity contribution in [2.75, 3.05) is 11.9 Å². The van der Waals surface area contributed by atoms with Gasteiger partial charge < -0.3 is 15.5 Å². The van der Waals surface area contributed by atoms with E-state index in [1.807, 2.05) is 13.8 Å². The Hall–Kier alpha value is -1.73. The molecule has 6 nitrogen and oxygen atoms in total. The molecule has 1 atom stereocenters.